The molecule has 0 saturated heterocycles. The van der Waals surface area contributed by atoms with E-state index in [-0.39, 0.29) is 12.6 Å². The highest BCUT2D eigenvalue weighted by Crippen LogP contribution is 2.25. The Bertz CT molecular complexity index is 325. The van der Waals surface area contributed by atoms with Gasteiger partial charge in [0, 0.05) is 24.9 Å². The first-order valence-electron chi connectivity index (χ1n) is 5.04. The number of aliphatic hydroxyl groups excluding tert-OH is 1. The number of hydrogen-bond donors (Lipinski definition) is 3. The van der Waals surface area contributed by atoms with Crippen molar-refractivity contribution in [1.82, 2.24) is 0 Å². The first kappa shape index (κ1) is 9.49. The number of nitrogens with two attached hydrogens (primary N) is 1. The minimum absolute atomic E-state index is 0.0362. The topological polar surface area (TPSA) is 58.3 Å². The first-order chi connectivity index (χ1) is 6.81. The molecule has 14 heavy (non-hydrogen) atoms. The molecule has 3 heteroatoms. The second-order valence-electron chi connectivity index (χ2n) is 3.71. The van der Waals surface area contributed by atoms with Crippen LogP contribution < -0.4 is 11.1 Å². The van der Waals surface area contributed by atoms with E-state index in [0.29, 0.717) is 6.42 Å². The molecule has 0 unspecified atom stereocenters. The van der Waals surface area contributed by atoms with Crippen LogP contribution in [0.1, 0.15) is 23.6 Å². The van der Waals surface area contributed by atoms with Gasteiger partial charge >= 0.3 is 0 Å². The van der Waals surface area contributed by atoms with E-state index in [1.807, 2.05) is 6.07 Å². The van der Waals surface area contributed by atoms with Crippen molar-refractivity contribution in [1.29, 1.82) is 0 Å². The standard InChI is InChI=1S/C11H16N2O/c12-10(4-6-14)8-1-2-11-9(7-8)3-5-13-11/h1-2,7,10,13-14H,3-6,12H2/t10-/m1/s1. The molecule has 0 bridgehead atoms. The van der Waals surface area contributed by atoms with Crippen molar-refractivity contribution in [2.75, 3.05) is 18.5 Å². The molecule has 3 nitrogen and oxygen atoms in total. The highest BCUT2D eigenvalue weighted by molar-refractivity contribution is 5.56. The summed E-state index contributed by atoms with van der Waals surface area (Å²) in [6.45, 7) is 1.17. The summed E-state index contributed by atoms with van der Waals surface area (Å²) in [6.07, 6.45) is 1.71. The summed E-state index contributed by atoms with van der Waals surface area (Å²) in [6, 6.07) is 6.23. The van der Waals surface area contributed by atoms with Gasteiger partial charge in [-0.2, -0.15) is 0 Å². The SMILES string of the molecule is N[C@H](CCO)c1ccc2c(c1)CCN2. The Hall–Kier alpha value is -1.06. The first-order valence-corrected chi connectivity index (χ1v) is 5.04. The molecular formula is C11H16N2O. The third-order valence-corrected chi connectivity index (χ3v) is 2.71. The molecule has 1 aliphatic heterocycles. The smallest absolute Gasteiger partial charge is 0.0449 e. The predicted molar refractivity (Wildman–Crippen MR) is 57.3 cm³/mol. The van der Waals surface area contributed by atoms with Crippen LogP contribution in [0.4, 0.5) is 5.69 Å². The van der Waals surface area contributed by atoms with Crippen LogP contribution in [0.5, 0.6) is 0 Å². The molecule has 1 aromatic rings. The minimum Gasteiger partial charge on any atom is -0.396 e. The Balaban J connectivity index is 2.19. The molecule has 0 fully saturated rings. The average Bonchev–Trinajstić information content (AvgIpc) is 2.64. The maximum absolute atomic E-state index is 8.80. The van der Waals surface area contributed by atoms with Gasteiger partial charge in [0.05, 0.1) is 0 Å². The van der Waals surface area contributed by atoms with E-state index < -0.39 is 0 Å². The summed E-state index contributed by atoms with van der Waals surface area (Å²) in [5.74, 6) is 0. The van der Waals surface area contributed by atoms with Crippen LogP contribution in [0.2, 0.25) is 0 Å². The second-order valence-corrected chi connectivity index (χ2v) is 3.71. The molecule has 1 aliphatic rings. The van der Waals surface area contributed by atoms with Gasteiger partial charge in [-0.3, -0.25) is 0 Å². The van der Waals surface area contributed by atoms with Crippen molar-refractivity contribution in [3.05, 3.63) is 29.3 Å². The molecule has 2 rings (SSSR count). The molecule has 0 spiro atoms. The third-order valence-electron chi connectivity index (χ3n) is 2.71. The van der Waals surface area contributed by atoms with Gasteiger partial charge in [-0.15, -0.1) is 0 Å². The summed E-state index contributed by atoms with van der Waals surface area (Å²) in [4.78, 5) is 0. The van der Waals surface area contributed by atoms with Crippen molar-refractivity contribution in [2.24, 2.45) is 5.73 Å². The minimum atomic E-state index is -0.0362. The number of nitrogens with one attached hydrogen (secondary N) is 1. The third kappa shape index (κ3) is 1.74. The molecule has 0 amide bonds. The normalized spacial score (nSPS) is 16.1. The number of rotatable bonds is 3. The lowest BCUT2D eigenvalue weighted by Crippen LogP contribution is -2.11. The number of benzene rings is 1. The van der Waals surface area contributed by atoms with Crippen LogP contribution in [-0.2, 0) is 6.42 Å². The number of fused-ring (bicyclic) bond motifs is 1. The van der Waals surface area contributed by atoms with Crippen molar-refractivity contribution < 1.29 is 5.11 Å². The highest BCUT2D eigenvalue weighted by Gasteiger charge is 2.12. The quantitative estimate of drug-likeness (QED) is 0.670. The fourth-order valence-electron chi connectivity index (χ4n) is 1.86. The highest BCUT2D eigenvalue weighted by atomic mass is 16.3. The van der Waals surface area contributed by atoms with Gasteiger partial charge in [-0.25, -0.2) is 0 Å². The Morgan fingerprint density at radius 2 is 2.36 bits per heavy atom. The fraction of sp³-hybridized carbons (Fsp3) is 0.455. The molecule has 4 N–H and O–H groups in total. The van der Waals surface area contributed by atoms with Crippen molar-refractivity contribution in [2.45, 2.75) is 18.9 Å². The van der Waals surface area contributed by atoms with Gasteiger partial charge in [0.1, 0.15) is 0 Å². The Kier molecular flexibility index (Phi) is 2.70. The zero-order valence-corrected chi connectivity index (χ0v) is 8.16. The van der Waals surface area contributed by atoms with E-state index in [1.54, 1.807) is 0 Å². The molecule has 0 saturated carbocycles. The van der Waals surface area contributed by atoms with E-state index >= 15 is 0 Å². The van der Waals surface area contributed by atoms with Crippen LogP contribution in [0.3, 0.4) is 0 Å². The summed E-state index contributed by atoms with van der Waals surface area (Å²) in [5, 5.41) is 12.1. The molecule has 1 atom stereocenters. The Labute approximate surface area is 83.9 Å². The van der Waals surface area contributed by atoms with Crippen molar-refractivity contribution in [3.63, 3.8) is 0 Å². The maximum atomic E-state index is 8.80. The van der Waals surface area contributed by atoms with Crippen LogP contribution in [0.15, 0.2) is 18.2 Å². The zero-order chi connectivity index (χ0) is 9.97. The van der Waals surface area contributed by atoms with Crippen LogP contribution in [0, 0.1) is 0 Å². The zero-order valence-electron chi connectivity index (χ0n) is 8.16. The van der Waals surface area contributed by atoms with Gasteiger partial charge in [0.25, 0.3) is 0 Å². The average molecular weight is 192 g/mol. The summed E-state index contributed by atoms with van der Waals surface area (Å²) < 4.78 is 0. The lowest BCUT2D eigenvalue weighted by atomic mass is 10.0. The molecule has 0 aliphatic carbocycles. The van der Waals surface area contributed by atoms with E-state index in [4.69, 9.17) is 10.8 Å². The molecule has 1 heterocycles. The van der Waals surface area contributed by atoms with Gasteiger partial charge in [-0.1, -0.05) is 12.1 Å². The Morgan fingerprint density at radius 3 is 3.14 bits per heavy atom. The van der Waals surface area contributed by atoms with E-state index in [1.165, 1.54) is 11.3 Å². The van der Waals surface area contributed by atoms with Gasteiger partial charge in [-0.05, 0) is 30.0 Å². The van der Waals surface area contributed by atoms with Crippen LogP contribution in [0.25, 0.3) is 0 Å². The van der Waals surface area contributed by atoms with Gasteiger partial charge in [0.2, 0.25) is 0 Å². The number of aliphatic hydroxyl groups is 1. The van der Waals surface area contributed by atoms with E-state index in [9.17, 15) is 0 Å². The van der Waals surface area contributed by atoms with Gasteiger partial charge in [0.15, 0.2) is 0 Å². The summed E-state index contributed by atoms with van der Waals surface area (Å²) in [7, 11) is 0. The lowest BCUT2D eigenvalue weighted by molar-refractivity contribution is 0.276. The van der Waals surface area contributed by atoms with Crippen molar-refractivity contribution >= 4 is 5.69 Å². The molecule has 1 aromatic carbocycles. The van der Waals surface area contributed by atoms with E-state index in [0.717, 1.165) is 18.5 Å². The largest absolute Gasteiger partial charge is 0.396 e. The maximum Gasteiger partial charge on any atom is 0.0449 e. The Morgan fingerprint density at radius 1 is 1.50 bits per heavy atom. The van der Waals surface area contributed by atoms with Crippen molar-refractivity contribution in [3.8, 4) is 0 Å². The van der Waals surface area contributed by atoms with E-state index in [2.05, 4.69) is 17.4 Å². The van der Waals surface area contributed by atoms with Crippen LogP contribution in [-0.4, -0.2) is 18.3 Å². The lowest BCUT2D eigenvalue weighted by Gasteiger charge is -2.11. The molecular weight excluding hydrogens is 176 g/mol. The summed E-state index contributed by atoms with van der Waals surface area (Å²) in [5.41, 5.74) is 9.62. The molecule has 0 radical (unpaired) electrons. The predicted octanol–water partition coefficient (Wildman–Crippen LogP) is 1.04. The number of hydrogen-bond acceptors (Lipinski definition) is 3. The molecule has 0 aromatic heterocycles. The molecule has 76 valence electrons. The monoisotopic (exact) mass is 192 g/mol. The second kappa shape index (κ2) is 3.98. The number of anilines is 1. The van der Waals surface area contributed by atoms with Gasteiger partial charge < -0.3 is 16.2 Å². The fourth-order valence-corrected chi connectivity index (χ4v) is 1.86. The summed E-state index contributed by atoms with van der Waals surface area (Å²) >= 11 is 0. The van der Waals surface area contributed by atoms with Crippen LogP contribution >= 0.6 is 0 Å².